The van der Waals surface area contributed by atoms with Crippen molar-refractivity contribution in [1.29, 1.82) is 0 Å². The number of benzene rings is 1. The van der Waals surface area contributed by atoms with Gasteiger partial charge in [0.25, 0.3) is 5.95 Å². The van der Waals surface area contributed by atoms with E-state index in [1.807, 2.05) is 45.0 Å². The zero-order valence-corrected chi connectivity index (χ0v) is 14.2. The van der Waals surface area contributed by atoms with Crippen LogP contribution in [0.5, 0.6) is 0 Å². The SMILES string of the molecule is CC(C)(C)c1nc(NCc2cccc(-n3ccc(C(=O)O)n3)c2)no1. The highest BCUT2D eigenvalue weighted by molar-refractivity contribution is 5.85. The second kappa shape index (κ2) is 6.39. The molecule has 0 aliphatic carbocycles. The molecule has 130 valence electrons. The smallest absolute Gasteiger partial charge is 0.356 e. The van der Waals surface area contributed by atoms with E-state index in [1.54, 1.807) is 6.20 Å². The fraction of sp³-hybridized carbons (Fsp3) is 0.294. The molecule has 25 heavy (non-hydrogen) atoms. The maximum absolute atomic E-state index is 10.9. The molecule has 2 heterocycles. The number of carboxylic acid groups (broad SMARTS) is 1. The van der Waals surface area contributed by atoms with Gasteiger partial charge in [-0.2, -0.15) is 10.1 Å². The highest BCUT2D eigenvalue weighted by atomic mass is 16.5. The minimum Gasteiger partial charge on any atom is -0.476 e. The first-order chi connectivity index (χ1) is 11.8. The van der Waals surface area contributed by atoms with E-state index in [-0.39, 0.29) is 11.1 Å². The molecular formula is C17H19N5O3. The lowest BCUT2D eigenvalue weighted by Crippen LogP contribution is -2.11. The summed E-state index contributed by atoms with van der Waals surface area (Å²) in [6.45, 7) is 6.51. The summed E-state index contributed by atoms with van der Waals surface area (Å²) in [5, 5.41) is 20.0. The summed E-state index contributed by atoms with van der Waals surface area (Å²) in [4.78, 5) is 15.3. The van der Waals surface area contributed by atoms with Gasteiger partial charge in [-0.05, 0) is 28.9 Å². The van der Waals surface area contributed by atoms with Crippen molar-refractivity contribution in [3.8, 4) is 5.69 Å². The summed E-state index contributed by atoms with van der Waals surface area (Å²) in [6.07, 6.45) is 1.62. The number of hydrogen-bond acceptors (Lipinski definition) is 6. The molecule has 0 atom stereocenters. The number of aromatic carboxylic acids is 1. The van der Waals surface area contributed by atoms with Crippen LogP contribution in [0.15, 0.2) is 41.1 Å². The van der Waals surface area contributed by atoms with E-state index in [0.717, 1.165) is 11.3 Å². The molecule has 0 aliphatic heterocycles. The van der Waals surface area contributed by atoms with Crippen LogP contribution in [-0.4, -0.2) is 31.0 Å². The number of nitrogens with zero attached hydrogens (tertiary/aromatic N) is 4. The molecule has 8 nitrogen and oxygen atoms in total. The molecule has 0 radical (unpaired) electrons. The molecule has 3 rings (SSSR count). The van der Waals surface area contributed by atoms with Crippen molar-refractivity contribution in [1.82, 2.24) is 19.9 Å². The van der Waals surface area contributed by atoms with Gasteiger partial charge in [-0.1, -0.05) is 32.9 Å². The predicted octanol–water partition coefficient (Wildman–Crippen LogP) is 2.86. The lowest BCUT2D eigenvalue weighted by atomic mass is 9.97. The van der Waals surface area contributed by atoms with Crippen molar-refractivity contribution in [3.63, 3.8) is 0 Å². The standard InChI is InChI=1S/C17H19N5O3/c1-17(2,3)15-19-16(21-25-15)18-10-11-5-4-6-12(9-11)22-8-7-13(20-22)14(23)24/h4-9H,10H2,1-3H3,(H,18,21)(H,23,24). The lowest BCUT2D eigenvalue weighted by molar-refractivity contribution is 0.0690. The van der Waals surface area contributed by atoms with E-state index >= 15 is 0 Å². The second-order valence-electron chi connectivity index (χ2n) is 6.65. The summed E-state index contributed by atoms with van der Waals surface area (Å²) in [6, 6.07) is 9.05. The first-order valence-corrected chi connectivity index (χ1v) is 7.79. The van der Waals surface area contributed by atoms with Crippen LogP contribution < -0.4 is 5.32 Å². The molecule has 0 bridgehead atoms. The van der Waals surface area contributed by atoms with Crippen molar-refractivity contribution in [2.24, 2.45) is 0 Å². The third kappa shape index (κ3) is 3.85. The average molecular weight is 341 g/mol. The third-order valence-electron chi connectivity index (χ3n) is 3.50. The molecule has 0 amide bonds. The molecule has 2 N–H and O–H groups in total. The predicted molar refractivity (Wildman–Crippen MR) is 90.8 cm³/mol. The molecule has 0 saturated carbocycles. The van der Waals surface area contributed by atoms with Gasteiger partial charge in [0.1, 0.15) is 0 Å². The summed E-state index contributed by atoms with van der Waals surface area (Å²) >= 11 is 0. The monoisotopic (exact) mass is 341 g/mol. The van der Waals surface area contributed by atoms with E-state index in [4.69, 9.17) is 9.63 Å². The zero-order valence-electron chi connectivity index (χ0n) is 14.2. The van der Waals surface area contributed by atoms with E-state index < -0.39 is 5.97 Å². The van der Waals surface area contributed by atoms with Gasteiger partial charge >= 0.3 is 5.97 Å². The van der Waals surface area contributed by atoms with Gasteiger partial charge in [0.05, 0.1) is 5.69 Å². The Hall–Kier alpha value is -3.16. The molecule has 0 unspecified atom stereocenters. The fourth-order valence-corrected chi connectivity index (χ4v) is 2.17. The maximum Gasteiger partial charge on any atom is 0.356 e. The van der Waals surface area contributed by atoms with Crippen LogP contribution in [0.2, 0.25) is 0 Å². The Morgan fingerprint density at radius 2 is 2.12 bits per heavy atom. The molecule has 8 heteroatoms. The van der Waals surface area contributed by atoms with Crippen LogP contribution in [0.25, 0.3) is 5.69 Å². The van der Waals surface area contributed by atoms with Gasteiger partial charge in [0, 0.05) is 18.2 Å². The lowest BCUT2D eigenvalue weighted by Gasteiger charge is -2.10. The van der Waals surface area contributed by atoms with Gasteiger partial charge in [-0.25, -0.2) is 9.48 Å². The highest BCUT2D eigenvalue weighted by Crippen LogP contribution is 2.21. The Labute approximate surface area is 144 Å². The summed E-state index contributed by atoms with van der Waals surface area (Å²) < 4.78 is 6.77. The molecule has 0 aliphatic rings. The zero-order chi connectivity index (χ0) is 18.0. The molecular weight excluding hydrogens is 322 g/mol. The Balaban J connectivity index is 1.71. The largest absolute Gasteiger partial charge is 0.476 e. The van der Waals surface area contributed by atoms with Crippen LogP contribution >= 0.6 is 0 Å². The van der Waals surface area contributed by atoms with Crippen molar-refractivity contribution in [2.45, 2.75) is 32.7 Å². The van der Waals surface area contributed by atoms with E-state index in [0.29, 0.717) is 18.4 Å². The molecule has 0 saturated heterocycles. The van der Waals surface area contributed by atoms with Gasteiger partial charge in [-0.3, -0.25) is 0 Å². The minimum absolute atomic E-state index is 0.00466. The van der Waals surface area contributed by atoms with E-state index in [2.05, 4.69) is 20.6 Å². The number of aromatic nitrogens is 4. The molecule has 3 aromatic rings. The van der Waals surface area contributed by atoms with Crippen molar-refractivity contribution < 1.29 is 14.4 Å². The van der Waals surface area contributed by atoms with Crippen LogP contribution in [0.3, 0.4) is 0 Å². The summed E-state index contributed by atoms with van der Waals surface area (Å²) in [5.41, 5.74) is 1.56. The summed E-state index contributed by atoms with van der Waals surface area (Å²) in [7, 11) is 0. The van der Waals surface area contributed by atoms with Crippen LogP contribution in [0, 0.1) is 0 Å². The molecule has 1 aromatic carbocycles. The van der Waals surface area contributed by atoms with Gasteiger partial charge < -0.3 is 14.9 Å². The Bertz CT molecular complexity index is 892. The third-order valence-corrected chi connectivity index (χ3v) is 3.50. The number of carboxylic acids is 1. The Morgan fingerprint density at radius 1 is 1.32 bits per heavy atom. The van der Waals surface area contributed by atoms with Crippen molar-refractivity contribution in [3.05, 3.63) is 53.7 Å². The fourth-order valence-electron chi connectivity index (χ4n) is 2.17. The number of carbonyl (C=O) groups is 1. The number of rotatable bonds is 5. The first-order valence-electron chi connectivity index (χ1n) is 7.79. The highest BCUT2D eigenvalue weighted by Gasteiger charge is 2.21. The molecule has 0 fully saturated rings. The number of hydrogen-bond donors (Lipinski definition) is 2. The Morgan fingerprint density at radius 3 is 2.76 bits per heavy atom. The van der Waals surface area contributed by atoms with Crippen LogP contribution in [0.4, 0.5) is 5.95 Å². The number of nitrogens with one attached hydrogen (secondary N) is 1. The van der Waals surface area contributed by atoms with E-state index in [9.17, 15) is 4.79 Å². The Kier molecular flexibility index (Phi) is 4.26. The van der Waals surface area contributed by atoms with Gasteiger partial charge in [-0.15, -0.1) is 0 Å². The quantitative estimate of drug-likeness (QED) is 0.735. The van der Waals surface area contributed by atoms with Crippen molar-refractivity contribution >= 4 is 11.9 Å². The average Bonchev–Trinajstić information content (AvgIpc) is 3.22. The molecule has 0 spiro atoms. The van der Waals surface area contributed by atoms with E-state index in [1.165, 1.54) is 10.7 Å². The summed E-state index contributed by atoms with van der Waals surface area (Å²) in [5.74, 6) is -0.0487. The maximum atomic E-state index is 10.9. The topological polar surface area (TPSA) is 106 Å². The first kappa shape index (κ1) is 16.7. The number of anilines is 1. The van der Waals surface area contributed by atoms with Crippen LogP contribution in [-0.2, 0) is 12.0 Å². The van der Waals surface area contributed by atoms with Crippen LogP contribution in [0.1, 0.15) is 42.7 Å². The molecule has 2 aromatic heterocycles. The second-order valence-corrected chi connectivity index (χ2v) is 6.65. The normalized spacial score (nSPS) is 11.5. The van der Waals surface area contributed by atoms with Crippen molar-refractivity contribution in [2.75, 3.05) is 5.32 Å². The van der Waals surface area contributed by atoms with Gasteiger partial charge in [0.15, 0.2) is 5.69 Å². The minimum atomic E-state index is -1.05. The van der Waals surface area contributed by atoms with Gasteiger partial charge in [0.2, 0.25) is 5.89 Å².